The third-order valence-electron chi connectivity index (χ3n) is 4.08. The van der Waals surface area contributed by atoms with E-state index in [-0.39, 0.29) is 12.1 Å². The summed E-state index contributed by atoms with van der Waals surface area (Å²) in [7, 11) is 0. The molecular weight excluding hydrogens is 264 g/mol. The molecule has 0 aromatic heterocycles. The van der Waals surface area contributed by atoms with E-state index in [2.05, 4.69) is 24.3 Å². The van der Waals surface area contributed by atoms with E-state index >= 15 is 0 Å². The van der Waals surface area contributed by atoms with Crippen LogP contribution in [-0.2, 0) is 27.1 Å². The summed E-state index contributed by atoms with van der Waals surface area (Å²) in [6, 6.07) is 8.53. The quantitative estimate of drug-likeness (QED) is 0.753. The number of rotatable bonds is 6. The lowest BCUT2D eigenvalue weighted by atomic mass is 9.75. The van der Waals surface area contributed by atoms with Gasteiger partial charge in [-0.2, -0.15) is 0 Å². The lowest BCUT2D eigenvalue weighted by molar-refractivity contribution is -0.149. The van der Waals surface area contributed by atoms with E-state index in [4.69, 9.17) is 9.47 Å². The third kappa shape index (κ3) is 4.57. The van der Waals surface area contributed by atoms with Crippen LogP contribution in [0.25, 0.3) is 0 Å². The lowest BCUT2D eigenvalue weighted by Gasteiger charge is -2.32. The van der Waals surface area contributed by atoms with Gasteiger partial charge in [-0.05, 0) is 56.6 Å². The van der Waals surface area contributed by atoms with Crippen LogP contribution >= 0.6 is 0 Å². The molecule has 0 heterocycles. The van der Waals surface area contributed by atoms with Gasteiger partial charge in [0, 0.05) is 19.6 Å². The van der Waals surface area contributed by atoms with E-state index < -0.39 is 0 Å². The van der Waals surface area contributed by atoms with Crippen LogP contribution in [0.1, 0.15) is 38.3 Å². The Labute approximate surface area is 127 Å². The van der Waals surface area contributed by atoms with Gasteiger partial charge in [0.15, 0.2) is 0 Å². The van der Waals surface area contributed by atoms with Gasteiger partial charge in [0.05, 0.1) is 6.10 Å². The molecule has 1 aliphatic rings. The molecule has 0 fully saturated rings. The summed E-state index contributed by atoms with van der Waals surface area (Å²) >= 11 is 0. The highest BCUT2D eigenvalue weighted by Gasteiger charge is 2.30. The molecule has 0 saturated heterocycles. The maximum absolute atomic E-state index is 12.0. The van der Waals surface area contributed by atoms with Crippen LogP contribution in [0.2, 0.25) is 0 Å². The molecule has 1 aliphatic carbocycles. The van der Waals surface area contributed by atoms with E-state index in [0.717, 1.165) is 26.1 Å². The first-order valence-electron chi connectivity index (χ1n) is 7.94. The van der Waals surface area contributed by atoms with Crippen molar-refractivity contribution in [2.45, 2.75) is 46.1 Å². The maximum Gasteiger partial charge on any atom is 0.306 e. The normalized spacial score (nSPS) is 21.1. The number of ether oxygens (including phenoxy) is 2. The topological polar surface area (TPSA) is 35.5 Å². The van der Waals surface area contributed by atoms with Crippen molar-refractivity contribution < 1.29 is 14.3 Å². The first-order valence-corrected chi connectivity index (χ1v) is 7.94. The molecule has 3 heteroatoms. The fraction of sp³-hybridized carbons (Fsp3) is 0.611. The van der Waals surface area contributed by atoms with Gasteiger partial charge in [0.1, 0.15) is 0 Å². The van der Waals surface area contributed by atoms with E-state index in [9.17, 15) is 4.79 Å². The lowest BCUT2D eigenvalue weighted by Crippen LogP contribution is -2.31. The average Bonchev–Trinajstić information content (AvgIpc) is 2.44. The highest BCUT2D eigenvalue weighted by atomic mass is 16.5. The van der Waals surface area contributed by atoms with E-state index in [1.54, 1.807) is 0 Å². The standard InChI is InChI=1S/C18H26O3/c1-4-20-12-17-10-15-8-6-5-7-14(15)9-16(17)11-18(19)21-13(2)3/h5-8,13,16-17H,4,9-12H2,1-3H3. The van der Waals surface area contributed by atoms with Crippen molar-refractivity contribution in [1.29, 1.82) is 0 Å². The minimum atomic E-state index is -0.0871. The zero-order chi connectivity index (χ0) is 15.2. The molecule has 0 spiro atoms. The average molecular weight is 290 g/mol. The van der Waals surface area contributed by atoms with Crippen LogP contribution in [0.4, 0.5) is 0 Å². The summed E-state index contributed by atoms with van der Waals surface area (Å²) < 4.78 is 10.9. The molecule has 0 radical (unpaired) electrons. The van der Waals surface area contributed by atoms with Crippen LogP contribution in [0.15, 0.2) is 24.3 Å². The highest BCUT2D eigenvalue weighted by Crippen LogP contribution is 2.33. The first kappa shape index (κ1) is 16.0. The number of fused-ring (bicyclic) bond motifs is 1. The third-order valence-corrected chi connectivity index (χ3v) is 4.08. The van der Waals surface area contributed by atoms with Gasteiger partial charge >= 0.3 is 5.97 Å². The molecule has 2 atom stereocenters. The Morgan fingerprint density at radius 2 is 1.81 bits per heavy atom. The number of hydrogen-bond acceptors (Lipinski definition) is 3. The fourth-order valence-electron chi connectivity index (χ4n) is 3.08. The molecule has 1 aromatic rings. The van der Waals surface area contributed by atoms with Gasteiger partial charge in [-0.15, -0.1) is 0 Å². The number of carbonyl (C=O) groups excluding carboxylic acids is 1. The van der Waals surface area contributed by atoms with Crippen LogP contribution in [-0.4, -0.2) is 25.3 Å². The number of hydrogen-bond donors (Lipinski definition) is 0. The van der Waals surface area contributed by atoms with Crippen LogP contribution in [0.3, 0.4) is 0 Å². The zero-order valence-corrected chi connectivity index (χ0v) is 13.3. The molecular formula is C18H26O3. The Morgan fingerprint density at radius 3 is 2.38 bits per heavy atom. The minimum Gasteiger partial charge on any atom is -0.463 e. The Balaban J connectivity index is 2.06. The van der Waals surface area contributed by atoms with Crippen LogP contribution < -0.4 is 0 Å². The monoisotopic (exact) mass is 290 g/mol. The van der Waals surface area contributed by atoms with Gasteiger partial charge < -0.3 is 9.47 Å². The molecule has 3 nitrogen and oxygen atoms in total. The Bertz CT molecular complexity index is 467. The van der Waals surface area contributed by atoms with E-state index in [0.29, 0.717) is 18.3 Å². The SMILES string of the molecule is CCOCC1Cc2ccccc2CC1CC(=O)OC(C)C. The van der Waals surface area contributed by atoms with E-state index in [1.807, 2.05) is 20.8 Å². The second-order valence-electron chi connectivity index (χ2n) is 6.10. The zero-order valence-electron chi connectivity index (χ0n) is 13.3. The van der Waals surface area contributed by atoms with Crippen LogP contribution in [0.5, 0.6) is 0 Å². The van der Waals surface area contributed by atoms with Gasteiger partial charge in [0.25, 0.3) is 0 Å². The number of carbonyl (C=O) groups is 1. The molecule has 21 heavy (non-hydrogen) atoms. The van der Waals surface area contributed by atoms with Gasteiger partial charge in [-0.3, -0.25) is 4.79 Å². The van der Waals surface area contributed by atoms with Crippen molar-refractivity contribution >= 4 is 5.97 Å². The summed E-state index contributed by atoms with van der Waals surface area (Å²) in [5.41, 5.74) is 2.77. The Hall–Kier alpha value is -1.35. The molecule has 2 unspecified atom stereocenters. The molecule has 116 valence electrons. The van der Waals surface area contributed by atoms with Crippen molar-refractivity contribution in [3.05, 3.63) is 35.4 Å². The van der Waals surface area contributed by atoms with E-state index in [1.165, 1.54) is 11.1 Å². The molecule has 0 saturated carbocycles. The highest BCUT2D eigenvalue weighted by molar-refractivity contribution is 5.70. The second-order valence-corrected chi connectivity index (χ2v) is 6.10. The molecule has 2 rings (SSSR count). The van der Waals surface area contributed by atoms with Crippen molar-refractivity contribution in [2.24, 2.45) is 11.8 Å². The molecule has 0 amide bonds. The summed E-state index contributed by atoms with van der Waals surface area (Å²) in [4.78, 5) is 12.0. The summed E-state index contributed by atoms with van der Waals surface area (Å²) in [6.45, 7) is 7.25. The predicted molar refractivity (Wildman–Crippen MR) is 83.2 cm³/mol. The molecule has 0 N–H and O–H groups in total. The predicted octanol–water partition coefficient (Wildman–Crippen LogP) is 3.40. The van der Waals surface area contributed by atoms with Crippen molar-refractivity contribution in [3.8, 4) is 0 Å². The first-order chi connectivity index (χ1) is 10.1. The summed E-state index contributed by atoms with van der Waals surface area (Å²) in [6.07, 6.45) is 2.39. The van der Waals surface area contributed by atoms with Crippen molar-refractivity contribution in [1.82, 2.24) is 0 Å². The van der Waals surface area contributed by atoms with Gasteiger partial charge in [0.2, 0.25) is 0 Å². The Morgan fingerprint density at radius 1 is 1.19 bits per heavy atom. The number of esters is 1. The van der Waals surface area contributed by atoms with Crippen molar-refractivity contribution in [2.75, 3.05) is 13.2 Å². The second kappa shape index (κ2) is 7.60. The molecule has 0 aliphatic heterocycles. The molecule has 0 bridgehead atoms. The van der Waals surface area contributed by atoms with Crippen LogP contribution in [0, 0.1) is 11.8 Å². The smallest absolute Gasteiger partial charge is 0.306 e. The van der Waals surface area contributed by atoms with Crippen molar-refractivity contribution in [3.63, 3.8) is 0 Å². The molecule has 1 aromatic carbocycles. The summed E-state index contributed by atoms with van der Waals surface area (Å²) in [5.74, 6) is 0.633. The number of benzene rings is 1. The fourth-order valence-corrected chi connectivity index (χ4v) is 3.08. The summed E-state index contributed by atoms with van der Waals surface area (Å²) in [5, 5.41) is 0. The van der Waals surface area contributed by atoms with Gasteiger partial charge in [-0.1, -0.05) is 24.3 Å². The minimum absolute atomic E-state index is 0.0429. The maximum atomic E-state index is 12.0. The van der Waals surface area contributed by atoms with Gasteiger partial charge in [-0.25, -0.2) is 0 Å². The Kier molecular flexibility index (Phi) is 5.80. The largest absolute Gasteiger partial charge is 0.463 e.